The highest BCUT2D eigenvalue weighted by atomic mass is 19.1. The molecule has 0 saturated carbocycles. The predicted molar refractivity (Wildman–Crippen MR) is 75.6 cm³/mol. The molecule has 1 aromatic heterocycles. The molecule has 0 aliphatic carbocycles. The minimum atomic E-state index is -0.289. The zero-order valence-electron chi connectivity index (χ0n) is 12.0. The minimum absolute atomic E-state index is 0.191. The van der Waals surface area contributed by atoms with Crippen LogP contribution in [0.2, 0.25) is 0 Å². The normalized spacial score (nSPS) is 12.6. The largest absolute Gasteiger partial charge is 0.381 e. The maximum absolute atomic E-state index is 12.8. The molecule has 0 aliphatic heterocycles. The van der Waals surface area contributed by atoms with Gasteiger partial charge in [0, 0.05) is 19.3 Å². The van der Waals surface area contributed by atoms with Crippen molar-refractivity contribution in [2.24, 2.45) is 0 Å². The lowest BCUT2D eigenvalue weighted by molar-refractivity contribution is 0.128. The number of aromatic nitrogens is 1. The molecule has 0 spiro atoms. The lowest BCUT2D eigenvalue weighted by Gasteiger charge is -2.16. The summed E-state index contributed by atoms with van der Waals surface area (Å²) in [7, 11) is 0. The molecule has 3 nitrogen and oxygen atoms in total. The van der Waals surface area contributed by atoms with Gasteiger partial charge >= 0.3 is 0 Å². The first-order chi connectivity index (χ1) is 9.27. The Balaban J connectivity index is 2.20. The molecule has 0 aromatic carbocycles. The fraction of sp³-hybridized carbons (Fsp3) is 0.667. The van der Waals surface area contributed by atoms with E-state index in [1.165, 1.54) is 18.7 Å². The Labute approximate surface area is 115 Å². The molecule has 0 fully saturated rings. The van der Waals surface area contributed by atoms with Crippen molar-refractivity contribution in [3.05, 3.63) is 29.8 Å². The molecule has 0 aliphatic rings. The highest BCUT2D eigenvalue weighted by molar-refractivity contribution is 5.09. The zero-order valence-corrected chi connectivity index (χ0v) is 12.0. The van der Waals surface area contributed by atoms with Crippen molar-refractivity contribution in [3.63, 3.8) is 0 Å². The molecule has 1 unspecified atom stereocenters. The van der Waals surface area contributed by atoms with Crippen LogP contribution in [-0.4, -0.2) is 24.7 Å². The van der Waals surface area contributed by atoms with Crippen LogP contribution >= 0.6 is 0 Å². The van der Waals surface area contributed by atoms with Crippen LogP contribution in [0, 0.1) is 5.82 Å². The summed E-state index contributed by atoms with van der Waals surface area (Å²) >= 11 is 0. The smallest absolute Gasteiger partial charge is 0.141 e. The van der Waals surface area contributed by atoms with Crippen LogP contribution in [0.4, 0.5) is 4.39 Å². The fourth-order valence-corrected chi connectivity index (χ4v) is 1.85. The number of nitrogens with one attached hydrogen (secondary N) is 1. The van der Waals surface area contributed by atoms with Gasteiger partial charge in [0.25, 0.3) is 0 Å². The van der Waals surface area contributed by atoms with E-state index in [0.717, 1.165) is 44.7 Å². The lowest BCUT2D eigenvalue weighted by Crippen LogP contribution is -2.23. The van der Waals surface area contributed by atoms with Crippen LogP contribution in [0.3, 0.4) is 0 Å². The Hall–Kier alpha value is -1.00. The number of ether oxygens (including phenoxy) is 1. The van der Waals surface area contributed by atoms with Crippen LogP contribution in [0.15, 0.2) is 18.3 Å². The summed E-state index contributed by atoms with van der Waals surface area (Å²) in [5, 5.41) is 3.43. The maximum Gasteiger partial charge on any atom is 0.141 e. The molecular weight excluding hydrogens is 243 g/mol. The highest BCUT2D eigenvalue weighted by Gasteiger charge is 2.09. The van der Waals surface area contributed by atoms with Gasteiger partial charge in [-0.3, -0.25) is 4.98 Å². The molecule has 1 atom stereocenters. The molecule has 1 N–H and O–H groups in total. The van der Waals surface area contributed by atoms with Gasteiger partial charge in [-0.1, -0.05) is 20.3 Å². The standard InChI is InChI=1S/C15H25FN2O/c1-3-5-10-19-11-6-9-17-14(4-2)15-8-7-13(16)12-18-15/h7-8,12,14,17H,3-6,9-11H2,1-2H3. The van der Waals surface area contributed by atoms with Crippen molar-refractivity contribution < 1.29 is 9.13 Å². The monoisotopic (exact) mass is 268 g/mol. The first-order valence-corrected chi connectivity index (χ1v) is 7.20. The number of pyridine rings is 1. The Kier molecular flexibility index (Phi) is 8.34. The third kappa shape index (κ3) is 6.64. The third-order valence-corrected chi connectivity index (χ3v) is 3.01. The number of hydrogen-bond acceptors (Lipinski definition) is 3. The van der Waals surface area contributed by atoms with Gasteiger partial charge in [0.05, 0.1) is 11.9 Å². The second-order valence-electron chi connectivity index (χ2n) is 4.64. The molecular formula is C15H25FN2O. The molecule has 1 aromatic rings. The molecule has 1 rings (SSSR count). The van der Waals surface area contributed by atoms with Gasteiger partial charge in [0.2, 0.25) is 0 Å². The van der Waals surface area contributed by atoms with Crippen molar-refractivity contribution in [2.75, 3.05) is 19.8 Å². The van der Waals surface area contributed by atoms with Crippen LogP contribution in [0.25, 0.3) is 0 Å². The first-order valence-electron chi connectivity index (χ1n) is 7.20. The van der Waals surface area contributed by atoms with Crippen LogP contribution in [0.1, 0.15) is 51.3 Å². The Morgan fingerprint density at radius 3 is 2.68 bits per heavy atom. The molecule has 19 heavy (non-hydrogen) atoms. The fourth-order valence-electron chi connectivity index (χ4n) is 1.85. The Morgan fingerprint density at radius 1 is 1.26 bits per heavy atom. The topological polar surface area (TPSA) is 34.1 Å². The van der Waals surface area contributed by atoms with E-state index < -0.39 is 0 Å². The first kappa shape index (κ1) is 16.1. The number of halogens is 1. The van der Waals surface area contributed by atoms with Gasteiger partial charge < -0.3 is 10.1 Å². The second kappa shape index (κ2) is 9.87. The summed E-state index contributed by atoms with van der Waals surface area (Å²) in [5.74, 6) is -0.289. The summed E-state index contributed by atoms with van der Waals surface area (Å²) in [6, 6.07) is 3.39. The van der Waals surface area contributed by atoms with E-state index in [1.807, 2.05) is 0 Å². The summed E-state index contributed by atoms with van der Waals surface area (Å²) in [6.45, 7) is 6.80. The van der Waals surface area contributed by atoms with Crippen LogP contribution in [-0.2, 0) is 4.74 Å². The second-order valence-corrected chi connectivity index (χ2v) is 4.64. The van der Waals surface area contributed by atoms with Gasteiger partial charge in [0.1, 0.15) is 5.82 Å². The lowest BCUT2D eigenvalue weighted by atomic mass is 10.1. The predicted octanol–water partition coefficient (Wildman–Crippen LogP) is 3.47. The Bertz CT molecular complexity index is 329. The van der Waals surface area contributed by atoms with E-state index in [2.05, 4.69) is 24.1 Å². The quantitative estimate of drug-likeness (QED) is 0.660. The summed E-state index contributed by atoms with van der Waals surface area (Å²) in [6.07, 6.45) is 5.50. The minimum Gasteiger partial charge on any atom is -0.381 e. The van der Waals surface area contributed by atoms with Gasteiger partial charge in [-0.25, -0.2) is 4.39 Å². The molecule has 0 bridgehead atoms. The summed E-state index contributed by atoms with van der Waals surface area (Å²) < 4.78 is 18.3. The number of nitrogens with zero attached hydrogens (tertiary/aromatic N) is 1. The number of unbranched alkanes of at least 4 members (excludes halogenated alkanes) is 1. The van der Waals surface area contributed by atoms with E-state index >= 15 is 0 Å². The van der Waals surface area contributed by atoms with Crippen molar-refractivity contribution >= 4 is 0 Å². The maximum atomic E-state index is 12.8. The highest BCUT2D eigenvalue weighted by Crippen LogP contribution is 2.13. The van der Waals surface area contributed by atoms with Gasteiger partial charge in [-0.15, -0.1) is 0 Å². The van der Waals surface area contributed by atoms with E-state index in [4.69, 9.17) is 4.74 Å². The average molecular weight is 268 g/mol. The average Bonchev–Trinajstić information content (AvgIpc) is 2.43. The van der Waals surface area contributed by atoms with E-state index in [0.29, 0.717) is 0 Å². The molecule has 0 saturated heterocycles. The molecule has 4 heteroatoms. The molecule has 108 valence electrons. The van der Waals surface area contributed by atoms with Crippen LogP contribution in [0.5, 0.6) is 0 Å². The molecule has 1 heterocycles. The third-order valence-electron chi connectivity index (χ3n) is 3.01. The van der Waals surface area contributed by atoms with E-state index in [-0.39, 0.29) is 11.9 Å². The summed E-state index contributed by atoms with van der Waals surface area (Å²) in [5.41, 5.74) is 0.899. The van der Waals surface area contributed by atoms with Gasteiger partial charge in [-0.05, 0) is 37.9 Å². The van der Waals surface area contributed by atoms with E-state index in [1.54, 1.807) is 6.07 Å². The van der Waals surface area contributed by atoms with Gasteiger partial charge in [0.15, 0.2) is 0 Å². The number of hydrogen-bond donors (Lipinski definition) is 1. The Morgan fingerprint density at radius 2 is 2.05 bits per heavy atom. The van der Waals surface area contributed by atoms with Crippen molar-refractivity contribution in [1.29, 1.82) is 0 Å². The summed E-state index contributed by atoms with van der Waals surface area (Å²) in [4.78, 5) is 4.12. The molecule has 0 radical (unpaired) electrons. The van der Waals surface area contributed by atoms with Crippen LogP contribution < -0.4 is 5.32 Å². The van der Waals surface area contributed by atoms with Crippen molar-refractivity contribution in [2.45, 2.75) is 45.6 Å². The van der Waals surface area contributed by atoms with Gasteiger partial charge in [-0.2, -0.15) is 0 Å². The van der Waals surface area contributed by atoms with Crippen molar-refractivity contribution in [1.82, 2.24) is 10.3 Å². The molecule has 0 amide bonds. The van der Waals surface area contributed by atoms with E-state index in [9.17, 15) is 4.39 Å². The zero-order chi connectivity index (χ0) is 13.9. The van der Waals surface area contributed by atoms with Crippen molar-refractivity contribution in [3.8, 4) is 0 Å². The SMILES string of the molecule is CCCCOCCCNC(CC)c1ccc(F)cn1. The number of rotatable bonds is 10.